The number of pyridine rings is 1. The molecule has 0 atom stereocenters. The van der Waals surface area contributed by atoms with Crippen molar-refractivity contribution >= 4 is 17.0 Å². The highest BCUT2D eigenvalue weighted by Crippen LogP contribution is 2.34. The summed E-state index contributed by atoms with van der Waals surface area (Å²) >= 11 is 0. The Balaban J connectivity index is 1.55. The number of aromatic nitrogens is 3. The first-order valence-corrected chi connectivity index (χ1v) is 10.6. The van der Waals surface area contributed by atoms with E-state index in [-0.39, 0.29) is 5.95 Å². The lowest BCUT2D eigenvalue weighted by atomic mass is 10.1. The number of fused-ring (bicyclic) bond motifs is 1. The van der Waals surface area contributed by atoms with Gasteiger partial charge in [-0.15, -0.1) is 0 Å². The van der Waals surface area contributed by atoms with E-state index in [2.05, 4.69) is 9.97 Å². The highest BCUT2D eigenvalue weighted by Gasteiger charge is 2.13. The van der Waals surface area contributed by atoms with Gasteiger partial charge < -0.3 is 15.2 Å². The van der Waals surface area contributed by atoms with Crippen molar-refractivity contribution in [3.05, 3.63) is 96.6 Å². The number of nitrogens with two attached hydrogens (primary N) is 1. The van der Waals surface area contributed by atoms with Gasteiger partial charge in [-0.2, -0.15) is 0 Å². The molecule has 0 bridgehead atoms. The third-order valence-electron chi connectivity index (χ3n) is 5.30. The highest BCUT2D eigenvalue weighted by molar-refractivity contribution is 5.91. The second kappa shape index (κ2) is 8.96. The van der Waals surface area contributed by atoms with Crippen LogP contribution in [0.25, 0.3) is 33.5 Å². The van der Waals surface area contributed by atoms with Crippen LogP contribution < -0.4 is 15.2 Å². The van der Waals surface area contributed by atoms with Crippen LogP contribution in [0, 0.1) is 0 Å². The van der Waals surface area contributed by atoms with Crippen LogP contribution in [0.1, 0.15) is 5.56 Å². The van der Waals surface area contributed by atoms with Gasteiger partial charge in [0, 0.05) is 11.1 Å². The summed E-state index contributed by atoms with van der Waals surface area (Å²) in [6.07, 6.45) is 0. The van der Waals surface area contributed by atoms with E-state index in [9.17, 15) is 0 Å². The molecule has 6 nitrogen and oxygen atoms in total. The monoisotopic (exact) mass is 434 g/mol. The van der Waals surface area contributed by atoms with Gasteiger partial charge in [0.15, 0.2) is 11.5 Å². The molecule has 2 N–H and O–H groups in total. The summed E-state index contributed by atoms with van der Waals surface area (Å²) in [6.45, 7) is 0.442. The summed E-state index contributed by atoms with van der Waals surface area (Å²) in [5, 5.41) is 0. The molecular formula is C27H22N4O2. The van der Waals surface area contributed by atoms with Crippen LogP contribution in [-0.4, -0.2) is 22.1 Å². The molecule has 2 heterocycles. The van der Waals surface area contributed by atoms with Crippen molar-refractivity contribution in [1.29, 1.82) is 0 Å². The molecule has 0 unspecified atom stereocenters. The Hall–Kier alpha value is -4.45. The van der Waals surface area contributed by atoms with Gasteiger partial charge in [0.05, 0.1) is 18.3 Å². The van der Waals surface area contributed by atoms with Crippen molar-refractivity contribution in [3.63, 3.8) is 0 Å². The molecule has 0 amide bonds. The van der Waals surface area contributed by atoms with Crippen molar-refractivity contribution < 1.29 is 9.47 Å². The van der Waals surface area contributed by atoms with E-state index in [0.29, 0.717) is 34.8 Å². The molecule has 3 aromatic carbocycles. The van der Waals surface area contributed by atoms with Gasteiger partial charge in [-0.05, 0) is 35.9 Å². The molecule has 162 valence electrons. The zero-order valence-corrected chi connectivity index (χ0v) is 18.1. The molecule has 6 heteroatoms. The Morgan fingerprint density at radius 1 is 0.727 bits per heavy atom. The van der Waals surface area contributed by atoms with Crippen LogP contribution in [0.2, 0.25) is 0 Å². The molecule has 0 saturated carbocycles. The Kier molecular flexibility index (Phi) is 5.55. The SMILES string of the molecule is COc1ccc(-c2ccc3nc(N)nc(-c4ccccc4)c3n2)cc1OCc1ccccc1. The average Bonchev–Trinajstić information content (AvgIpc) is 2.87. The Morgan fingerprint density at radius 3 is 2.24 bits per heavy atom. The van der Waals surface area contributed by atoms with Crippen molar-refractivity contribution in [2.75, 3.05) is 12.8 Å². The maximum Gasteiger partial charge on any atom is 0.221 e. The Morgan fingerprint density at radius 2 is 1.48 bits per heavy atom. The fourth-order valence-electron chi connectivity index (χ4n) is 3.67. The first-order valence-electron chi connectivity index (χ1n) is 10.6. The van der Waals surface area contributed by atoms with E-state index in [1.54, 1.807) is 7.11 Å². The first kappa shape index (κ1) is 20.5. The third kappa shape index (κ3) is 4.32. The molecule has 0 aliphatic carbocycles. The van der Waals surface area contributed by atoms with Crippen LogP contribution in [0.4, 0.5) is 5.95 Å². The zero-order chi connectivity index (χ0) is 22.6. The van der Waals surface area contributed by atoms with E-state index in [1.165, 1.54) is 0 Å². The van der Waals surface area contributed by atoms with Crippen LogP contribution in [0.15, 0.2) is 91.0 Å². The number of ether oxygens (including phenoxy) is 2. The zero-order valence-electron chi connectivity index (χ0n) is 18.1. The minimum absolute atomic E-state index is 0.219. The van der Waals surface area contributed by atoms with Crippen molar-refractivity contribution in [2.45, 2.75) is 6.61 Å². The largest absolute Gasteiger partial charge is 0.493 e. The Bertz CT molecular complexity index is 1410. The van der Waals surface area contributed by atoms with Gasteiger partial charge in [-0.25, -0.2) is 15.0 Å². The molecule has 0 spiro atoms. The number of hydrogen-bond donors (Lipinski definition) is 1. The van der Waals surface area contributed by atoms with Crippen LogP contribution in [0.5, 0.6) is 11.5 Å². The number of anilines is 1. The minimum Gasteiger partial charge on any atom is -0.493 e. The molecule has 5 aromatic rings. The van der Waals surface area contributed by atoms with Crippen molar-refractivity contribution in [2.24, 2.45) is 0 Å². The molecule has 0 saturated heterocycles. The number of nitrogens with zero attached hydrogens (tertiary/aromatic N) is 3. The van der Waals surface area contributed by atoms with Gasteiger partial charge in [0.2, 0.25) is 5.95 Å². The summed E-state index contributed by atoms with van der Waals surface area (Å²) in [4.78, 5) is 13.7. The summed E-state index contributed by atoms with van der Waals surface area (Å²) in [7, 11) is 1.63. The number of benzene rings is 3. The van der Waals surface area contributed by atoms with Gasteiger partial charge in [0.25, 0.3) is 0 Å². The van der Waals surface area contributed by atoms with E-state index in [1.807, 2.05) is 91.0 Å². The summed E-state index contributed by atoms with van der Waals surface area (Å²) < 4.78 is 11.6. The maximum absolute atomic E-state index is 6.08. The Labute approximate surface area is 191 Å². The smallest absolute Gasteiger partial charge is 0.221 e. The van der Waals surface area contributed by atoms with Gasteiger partial charge in [-0.3, -0.25) is 0 Å². The summed E-state index contributed by atoms with van der Waals surface area (Å²) in [5.74, 6) is 1.53. The number of methoxy groups -OCH3 is 1. The lowest BCUT2D eigenvalue weighted by molar-refractivity contribution is 0.284. The van der Waals surface area contributed by atoms with Gasteiger partial charge in [0.1, 0.15) is 17.8 Å². The lowest BCUT2D eigenvalue weighted by Gasteiger charge is -2.13. The fraction of sp³-hybridized carbons (Fsp3) is 0.0741. The van der Waals surface area contributed by atoms with Crippen molar-refractivity contribution in [1.82, 2.24) is 15.0 Å². The topological polar surface area (TPSA) is 83.2 Å². The predicted molar refractivity (Wildman–Crippen MR) is 130 cm³/mol. The second-order valence-corrected chi connectivity index (χ2v) is 7.50. The highest BCUT2D eigenvalue weighted by atomic mass is 16.5. The average molecular weight is 434 g/mol. The first-order chi connectivity index (χ1) is 16.2. The van der Waals surface area contributed by atoms with E-state index in [0.717, 1.165) is 22.4 Å². The molecule has 5 rings (SSSR count). The molecule has 0 fully saturated rings. The molecule has 0 aliphatic rings. The third-order valence-corrected chi connectivity index (χ3v) is 5.30. The van der Waals surface area contributed by atoms with Crippen LogP contribution in [0.3, 0.4) is 0 Å². The lowest BCUT2D eigenvalue weighted by Crippen LogP contribution is -2.00. The molecule has 33 heavy (non-hydrogen) atoms. The van der Waals surface area contributed by atoms with Crippen LogP contribution in [-0.2, 0) is 6.61 Å². The summed E-state index contributed by atoms with van der Waals surface area (Å²) in [5.41, 5.74) is 11.7. The fourth-order valence-corrected chi connectivity index (χ4v) is 3.67. The maximum atomic E-state index is 6.08. The standard InChI is InChI=1S/C27H22N4O2/c1-32-23-15-12-20(16-24(23)33-17-18-8-4-2-5-9-18)21-13-14-22-26(29-21)25(31-27(28)30-22)19-10-6-3-7-11-19/h2-16H,17H2,1H3,(H2,28,30,31). The normalized spacial score (nSPS) is 10.8. The molecule has 0 radical (unpaired) electrons. The quantitative estimate of drug-likeness (QED) is 0.378. The summed E-state index contributed by atoms with van der Waals surface area (Å²) in [6, 6.07) is 29.5. The van der Waals surface area contributed by atoms with E-state index < -0.39 is 0 Å². The number of rotatable bonds is 6. The van der Waals surface area contributed by atoms with Gasteiger partial charge in [-0.1, -0.05) is 60.7 Å². The van der Waals surface area contributed by atoms with Crippen molar-refractivity contribution in [3.8, 4) is 34.0 Å². The molecule has 0 aliphatic heterocycles. The number of hydrogen-bond acceptors (Lipinski definition) is 6. The predicted octanol–water partition coefficient (Wildman–Crippen LogP) is 5.53. The van der Waals surface area contributed by atoms with Gasteiger partial charge >= 0.3 is 0 Å². The minimum atomic E-state index is 0.219. The van der Waals surface area contributed by atoms with E-state index in [4.69, 9.17) is 20.2 Å². The number of nitrogen functional groups attached to an aromatic ring is 1. The van der Waals surface area contributed by atoms with Crippen LogP contribution >= 0.6 is 0 Å². The molecule has 2 aromatic heterocycles. The van der Waals surface area contributed by atoms with E-state index >= 15 is 0 Å². The second-order valence-electron chi connectivity index (χ2n) is 7.50. The molecular weight excluding hydrogens is 412 g/mol.